The molecule has 13 heavy (non-hydrogen) atoms. The van der Waals surface area contributed by atoms with Crippen LogP contribution >= 0.6 is 11.8 Å². The Morgan fingerprint density at radius 2 is 2.31 bits per heavy atom. The highest BCUT2D eigenvalue weighted by atomic mass is 32.2. The van der Waals surface area contributed by atoms with Gasteiger partial charge in [-0.15, -0.1) is 11.8 Å². The number of thioether (sulfide) groups is 1. The maximum Gasteiger partial charge on any atom is 0.143 e. The third kappa shape index (κ3) is 1.48. The summed E-state index contributed by atoms with van der Waals surface area (Å²) in [5, 5.41) is 3.34. The van der Waals surface area contributed by atoms with Crippen molar-refractivity contribution in [3.63, 3.8) is 0 Å². The molecule has 1 heterocycles. The fraction of sp³-hybridized carbons (Fsp3) is 0.400. The third-order valence-electron chi connectivity index (χ3n) is 2.31. The van der Waals surface area contributed by atoms with Crippen molar-refractivity contribution in [3.8, 4) is 5.75 Å². The van der Waals surface area contributed by atoms with Gasteiger partial charge in [0.1, 0.15) is 5.75 Å². The van der Waals surface area contributed by atoms with Crippen molar-refractivity contribution in [2.24, 2.45) is 0 Å². The minimum atomic E-state index is 0.972. The number of hydrogen-bond donors (Lipinski definition) is 1. The fourth-order valence-electron chi connectivity index (χ4n) is 1.64. The van der Waals surface area contributed by atoms with Crippen LogP contribution in [0.3, 0.4) is 0 Å². The molecule has 1 aliphatic rings. The van der Waals surface area contributed by atoms with Gasteiger partial charge in [0.15, 0.2) is 0 Å². The normalized spacial score (nSPS) is 13.7. The van der Waals surface area contributed by atoms with Crippen molar-refractivity contribution < 1.29 is 4.74 Å². The average Bonchev–Trinajstić information content (AvgIpc) is 2.63. The van der Waals surface area contributed by atoms with E-state index in [-0.39, 0.29) is 0 Å². The van der Waals surface area contributed by atoms with Crippen molar-refractivity contribution in [1.29, 1.82) is 0 Å². The van der Waals surface area contributed by atoms with Crippen LogP contribution in [0.25, 0.3) is 0 Å². The lowest BCUT2D eigenvalue weighted by molar-refractivity contribution is 0.415. The van der Waals surface area contributed by atoms with E-state index in [1.807, 2.05) is 0 Å². The van der Waals surface area contributed by atoms with Gasteiger partial charge in [-0.3, -0.25) is 0 Å². The molecule has 0 aliphatic carbocycles. The number of rotatable bonds is 2. The van der Waals surface area contributed by atoms with Crippen LogP contribution in [0.5, 0.6) is 5.75 Å². The number of ether oxygens (including phenoxy) is 1. The zero-order valence-corrected chi connectivity index (χ0v) is 8.70. The predicted octanol–water partition coefficient (Wildman–Crippen LogP) is 2.39. The van der Waals surface area contributed by atoms with Gasteiger partial charge >= 0.3 is 0 Å². The number of hydrogen-bond acceptors (Lipinski definition) is 3. The summed E-state index contributed by atoms with van der Waals surface area (Å²) in [6, 6.07) is 4.32. The molecule has 0 bridgehead atoms. The van der Waals surface area contributed by atoms with Gasteiger partial charge in [-0.05, 0) is 30.4 Å². The number of methoxy groups -OCH3 is 1. The van der Waals surface area contributed by atoms with Crippen LogP contribution in [-0.4, -0.2) is 19.9 Å². The molecule has 2 nitrogen and oxygen atoms in total. The first kappa shape index (κ1) is 8.75. The average molecular weight is 195 g/mol. The summed E-state index contributed by atoms with van der Waals surface area (Å²) in [6.07, 6.45) is 3.20. The van der Waals surface area contributed by atoms with Crippen molar-refractivity contribution in [2.75, 3.05) is 25.2 Å². The van der Waals surface area contributed by atoms with E-state index >= 15 is 0 Å². The van der Waals surface area contributed by atoms with Gasteiger partial charge < -0.3 is 10.1 Å². The van der Waals surface area contributed by atoms with Crippen LogP contribution in [0.1, 0.15) is 5.56 Å². The summed E-state index contributed by atoms with van der Waals surface area (Å²) in [7, 11) is 1.72. The van der Waals surface area contributed by atoms with Gasteiger partial charge in [0, 0.05) is 11.4 Å². The van der Waals surface area contributed by atoms with E-state index < -0.39 is 0 Å². The lowest BCUT2D eigenvalue weighted by Crippen LogP contribution is -1.94. The molecule has 2 rings (SSSR count). The number of fused-ring (bicyclic) bond motifs is 1. The topological polar surface area (TPSA) is 21.3 Å². The van der Waals surface area contributed by atoms with Crippen molar-refractivity contribution in [2.45, 2.75) is 11.3 Å². The second-order valence-electron chi connectivity index (χ2n) is 3.04. The molecule has 0 saturated carbocycles. The zero-order chi connectivity index (χ0) is 9.26. The molecule has 0 atom stereocenters. The Bertz CT molecular complexity index is 325. The number of anilines is 1. The molecule has 70 valence electrons. The van der Waals surface area contributed by atoms with Gasteiger partial charge in [0.2, 0.25) is 0 Å². The first-order valence-electron chi connectivity index (χ1n) is 4.34. The maximum absolute atomic E-state index is 5.32. The van der Waals surface area contributed by atoms with Crippen molar-refractivity contribution in [1.82, 2.24) is 0 Å². The molecule has 1 aromatic carbocycles. The molecule has 0 amide bonds. The Labute approximate surface area is 82.7 Å². The van der Waals surface area contributed by atoms with Crippen molar-refractivity contribution in [3.05, 3.63) is 17.7 Å². The first-order valence-corrected chi connectivity index (χ1v) is 5.56. The van der Waals surface area contributed by atoms with E-state index in [2.05, 4.69) is 23.7 Å². The third-order valence-corrected chi connectivity index (χ3v) is 3.02. The van der Waals surface area contributed by atoms with Gasteiger partial charge in [-0.2, -0.15) is 0 Å². The van der Waals surface area contributed by atoms with Gasteiger partial charge in [-0.1, -0.05) is 0 Å². The molecule has 0 fully saturated rings. The highest BCUT2D eigenvalue weighted by Crippen LogP contribution is 2.36. The molecule has 3 heteroatoms. The minimum absolute atomic E-state index is 0.972. The molecule has 0 aromatic heterocycles. The quantitative estimate of drug-likeness (QED) is 0.732. The molecular formula is C10H13NOS. The molecular weight excluding hydrogens is 182 g/mol. The monoisotopic (exact) mass is 195 g/mol. The molecule has 1 aromatic rings. The second-order valence-corrected chi connectivity index (χ2v) is 3.92. The first-order chi connectivity index (χ1) is 6.35. The van der Waals surface area contributed by atoms with Gasteiger partial charge in [-0.25, -0.2) is 0 Å². The predicted molar refractivity (Wildman–Crippen MR) is 57.0 cm³/mol. The Morgan fingerprint density at radius 3 is 3.00 bits per heavy atom. The van der Waals surface area contributed by atoms with Crippen molar-refractivity contribution >= 4 is 17.4 Å². The van der Waals surface area contributed by atoms with E-state index in [4.69, 9.17) is 4.74 Å². The summed E-state index contributed by atoms with van der Waals surface area (Å²) in [4.78, 5) is 1.28. The summed E-state index contributed by atoms with van der Waals surface area (Å²) < 4.78 is 5.32. The van der Waals surface area contributed by atoms with E-state index in [0.717, 1.165) is 18.7 Å². The van der Waals surface area contributed by atoms with Crippen LogP contribution in [0.2, 0.25) is 0 Å². The Kier molecular flexibility index (Phi) is 2.36. The zero-order valence-electron chi connectivity index (χ0n) is 7.89. The molecule has 1 N–H and O–H groups in total. The van der Waals surface area contributed by atoms with Crippen LogP contribution in [-0.2, 0) is 6.42 Å². The smallest absolute Gasteiger partial charge is 0.143 e. The second kappa shape index (κ2) is 3.50. The summed E-state index contributed by atoms with van der Waals surface area (Å²) in [6.45, 7) is 1.03. The highest BCUT2D eigenvalue weighted by molar-refractivity contribution is 7.98. The van der Waals surface area contributed by atoms with E-state index in [9.17, 15) is 0 Å². The maximum atomic E-state index is 5.32. The summed E-state index contributed by atoms with van der Waals surface area (Å²) in [5.74, 6) is 0.972. The standard InChI is InChI=1S/C10H13NOS/c1-12-9-6-8(13-2)5-7-3-4-11-10(7)9/h5-6,11H,3-4H2,1-2H3. The fourth-order valence-corrected chi connectivity index (χ4v) is 2.13. The van der Waals surface area contributed by atoms with Crippen LogP contribution in [0.4, 0.5) is 5.69 Å². The molecule has 0 saturated heterocycles. The summed E-state index contributed by atoms with van der Waals surface area (Å²) in [5.41, 5.74) is 2.56. The number of nitrogens with one attached hydrogen (secondary N) is 1. The molecule has 0 radical (unpaired) electrons. The van der Waals surface area contributed by atoms with Gasteiger partial charge in [0.05, 0.1) is 12.8 Å². The van der Waals surface area contributed by atoms with E-state index in [1.165, 1.54) is 16.1 Å². The van der Waals surface area contributed by atoms with Gasteiger partial charge in [0.25, 0.3) is 0 Å². The SMILES string of the molecule is COc1cc(SC)cc2c1NCC2. The van der Waals surface area contributed by atoms with Crippen LogP contribution in [0.15, 0.2) is 17.0 Å². The molecule has 0 unspecified atom stereocenters. The van der Waals surface area contributed by atoms with E-state index in [0.29, 0.717) is 0 Å². The molecule has 0 spiro atoms. The van der Waals surface area contributed by atoms with Crippen LogP contribution < -0.4 is 10.1 Å². The number of benzene rings is 1. The lowest BCUT2D eigenvalue weighted by Gasteiger charge is -2.09. The summed E-state index contributed by atoms with van der Waals surface area (Å²) >= 11 is 1.76. The largest absolute Gasteiger partial charge is 0.495 e. The highest BCUT2D eigenvalue weighted by Gasteiger charge is 2.15. The Balaban J connectivity index is 2.49. The lowest BCUT2D eigenvalue weighted by atomic mass is 10.1. The van der Waals surface area contributed by atoms with Crippen LogP contribution in [0, 0.1) is 0 Å². The molecule has 1 aliphatic heterocycles. The van der Waals surface area contributed by atoms with E-state index in [1.54, 1.807) is 18.9 Å². The Morgan fingerprint density at radius 1 is 1.46 bits per heavy atom. The Hall–Kier alpha value is -0.830. The minimum Gasteiger partial charge on any atom is -0.495 e.